The minimum Gasteiger partial charge on any atom is -0.489 e. The van der Waals surface area contributed by atoms with E-state index < -0.39 is 0 Å². The molecule has 0 radical (unpaired) electrons. The summed E-state index contributed by atoms with van der Waals surface area (Å²) < 4.78 is 19.0. The normalized spacial score (nSPS) is 26.7. The van der Waals surface area contributed by atoms with Gasteiger partial charge in [-0.3, -0.25) is 14.5 Å². The minimum absolute atomic E-state index is 0. The van der Waals surface area contributed by atoms with Crippen molar-refractivity contribution >= 4 is 41.8 Å². The molecule has 1 heterocycles. The molecule has 7 nitrogen and oxygen atoms in total. The van der Waals surface area contributed by atoms with Crippen LogP contribution < -0.4 is 15.4 Å². The molecule has 2 aliphatic carbocycles. The van der Waals surface area contributed by atoms with Crippen LogP contribution in [0.3, 0.4) is 0 Å². The van der Waals surface area contributed by atoms with Crippen LogP contribution in [0.25, 0.3) is 0 Å². The molecule has 2 fully saturated rings. The molecule has 4 rings (SSSR count). The van der Waals surface area contributed by atoms with Gasteiger partial charge in [-0.15, -0.1) is 24.0 Å². The first kappa shape index (κ1) is 24.5. The highest BCUT2D eigenvalue weighted by Gasteiger charge is 2.58. The number of imide groups is 1. The second-order valence-corrected chi connectivity index (χ2v) is 8.36. The van der Waals surface area contributed by atoms with E-state index in [9.17, 15) is 14.0 Å². The van der Waals surface area contributed by atoms with E-state index in [-0.39, 0.29) is 71.4 Å². The van der Waals surface area contributed by atoms with Crippen molar-refractivity contribution in [1.29, 1.82) is 0 Å². The number of hydrogen-bond donors (Lipinski definition) is 2. The van der Waals surface area contributed by atoms with E-state index in [0.717, 1.165) is 6.42 Å². The van der Waals surface area contributed by atoms with Gasteiger partial charge < -0.3 is 15.4 Å². The van der Waals surface area contributed by atoms with Gasteiger partial charge in [0, 0.05) is 25.7 Å². The predicted octanol–water partition coefficient (Wildman–Crippen LogP) is 2.57. The average molecular weight is 556 g/mol. The Morgan fingerprint density at radius 2 is 1.91 bits per heavy atom. The molecule has 9 heteroatoms. The number of halogens is 2. The van der Waals surface area contributed by atoms with Crippen LogP contribution in [-0.4, -0.2) is 55.0 Å². The first-order valence-electron chi connectivity index (χ1n) is 11.0. The molecule has 1 aromatic rings. The maximum atomic E-state index is 13.3. The van der Waals surface area contributed by atoms with Crippen LogP contribution in [0.1, 0.15) is 20.3 Å². The van der Waals surface area contributed by atoms with Gasteiger partial charge in [-0.1, -0.05) is 18.2 Å². The van der Waals surface area contributed by atoms with Crippen LogP contribution in [0.15, 0.2) is 41.4 Å². The SMILES string of the molecule is CCNC(=NCC(C)Oc1cccc(F)c1)NCCN1C(=O)C2C3C=CC(C3)C2C1=O.I. The molecule has 5 unspecified atom stereocenters. The molecular formula is C23H30FIN4O3. The number of hydrogen-bond acceptors (Lipinski definition) is 4. The van der Waals surface area contributed by atoms with E-state index in [1.165, 1.54) is 17.0 Å². The fraction of sp³-hybridized carbons (Fsp3) is 0.522. The number of nitrogens with zero attached hydrogens (tertiary/aromatic N) is 2. The Bertz CT molecular complexity index is 879. The predicted molar refractivity (Wildman–Crippen MR) is 130 cm³/mol. The van der Waals surface area contributed by atoms with E-state index in [1.54, 1.807) is 12.1 Å². The van der Waals surface area contributed by atoms with Gasteiger partial charge in [0.1, 0.15) is 17.7 Å². The van der Waals surface area contributed by atoms with E-state index in [4.69, 9.17) is 4.74 Å². The molecule has 5 atom stereocenters. The fourth-order valence-electron chi connectivity index (χ4n) is 4.84. The maximum Gasteiger partial charge on any atom is 0.233 e. The smallest absolute Gasteiger partial charge is 0.233 e. The third-order valence-electron chi connectivity index (χ3n) is 6.17. The number of ether oxygens (including phenoxy) is 1. The van der Waals surface area contributed by atoms with Crippen molar-refractivity contribution in [3.63, 3.8) is 0 Å². The number of benzene rings is 1. The summed E-state index contributed by atoms with van der Waals surface area (Å²) in [4.78, 5) is 31.4. The zero-order valence-electron chi connectivity index (χ0n) is 18.3. The Morgan fingerprint density at radius 3 is 2.53 bits per heavy atom. The Kier molecular flexibility index (Phi) is 8.13. The zero-order valence-corrected chi connectivity index (χ0v) is 20.6. The van der Waals surface area contributed by atoms with Crippen LogP contribution >= 0.6 is 24.0 Å². The number of rotatable bonds is 8. The zero-order chi connectivity index (χ0) is 22.0. The van der Waals surface area contributed by atoms with Crippen molar-refractivity contribution in [1.82, 2.24) is 15.5 Å². The van der Waals surface area contributed by atoms with Gasteiger partial charge in [0.25, 0.3) is 0 Å². The van der Waals surface area contributed by atoms with Crippen molar-refractivity contribution < 1.29 is 18.7 Å². The Balaban J connectivity index is 0.00000289. The lowest BCUT2D eigenvalue weighted by molar-refractivity contribution is -0.140. The number of allylic oxidation sites excluding steroid dienone is 2. The lowest BCUT2D eigenvalue weighted by Gasteiger charge is -2.19. The van der Waals surface area contributed by atoms with Gasteiger partial charge in [0.05, 0.1) is 18.4 Å². The van der Waals surface area contributed by atoms with Gasteiger partial charge in [-0.2, -0.15) is 0 Å². The molecule has 3 aliphatic rings. The summed E-state index contributed by atoms with van der Waals surface area (Å²) in [5.41, 5.74) is 0. The van der Waals surface area contributed by atoms with Crippen molar-refractivity contribution in [2.45, 2.75) is 26.4 Å². The summed E-state index contributed by atoms with van der Waals surface area (Å²) in [5, 5.41) is 6.33. The molecule has 2 amide bonds. The molecule has 0 spiro atoms. The summed E-state index contributed by atoms with van der Waals surface area (Å²) in [6.07, 6.45) is 4.89. The number of carbonyl (C=O) groups excluding carboxylic acids is 2. The van der Waals surface area contributed by atoms with Gasteiger partial charge >= 0.3 is 0 Å². The van der Waals surface area contributed by atoms with Crippen molar-refractivity contribution in [2.75, 3.05) is 26.2 Å². The van der Waals surface area contributed by atoms with Crippen LogP contribution in [0.5, 0.6) is 5.75 Å². The molecule has 1 aromatic carbocycles. The number of carbonyl (C=O) groups is 2. The monoisotopic (exact) mass is 556 g/mol. The summed E-state index contributed by atoms with van der Waals surface area (Å²) in [7, 11) is 0. The quantitative estimate of drug-likeness (QED) is 0.169. The molecule has 0 aromatic heterocycles. The van der Waals surface area contributed by atoms with Crippen LogP contribution in [0, 0.1) is 29.5 Å². The highest BCUT2D eigenvalue weighted by atomic mass is 127. The van der Waals surface area contributed by atoms with Gasteiger partial charge in [0.2, 0.25) is 11.8 Å². The largest absolute Gasteiger partial charge is 0.489 e. The average Bonchev–Trinajstić information content (AvgIpc) is 3.41. The summed E-state index contributed by atoms with van der Waals surface area (Å²) in [5.74, 6) is 0.752. The van der Waals surface area contributed by atoms with Gasteiger partial charge in [0.15, 0.2) is 5.96 Å². The van der Waals surface area contributed by atoms with Crippen LogP contribution in [-0.2, 0) is 9.59 Å². The van der Waals surface area contributed by atoms with E-state index in [1.807, 2.05) is 13.8 Å². The summed E-state index contributed by atoms with van der Waals surface area (Å²) >= 11 is 0. The number of fused-ring (bicyclic) bond motifs is 5. The van der Waals surface area contributed by atoms with Crippen molar-refractivity contribution in [2.24, 2.45) is 28.7 Å². The third kappa shape index (κ3) is 5.07. The number of nitrogens with one attached hydrogen (secondary N) is 2. The highest BCUT2D eigenvalue weighted by Crippen LogP contribution is 2.52. The minimum atomic E-state index is -0.345. The number of aliphatic imine (C=N–C) groups is 1. The first-order chi connectivity index (χ1) is 15.0. The Hall–Kier alpha value is -2.17. The number of guanidine groups is 1. The van der Waals surface area contributed by atoms with Crippen molar-refractivity contribution in [3.8, 4) is 5.75 Å². The maximum absolute atomic E-state index is 13.3. The Morgan fingerprint density at radius 1 is 1.22 bits per heavy atom. The van der Waals surface area contributed by atoms with Crippen molar-refractivity contribution in [3.05, 3.63) is 42.2 Å². The topological polar surface area (TPSA) is 83.0 Å². The second kappa shape index (κ2) is 10.6. The fourth-order valence-corrected chi connectivity index (χ4v) is 4.84. The summed E-state index contributed by atoms with van der Waals surface area (Å²) in [6.45, 7) is 5.61. The highest BCUT2D eigenvalue weighted by molar-refractivity contribution is 14.0. The van der Waals surface area contributed by atoms with Crippen LogP contribution in [0.2, 0.25) is 0 Å². The lowest BCUT2D eigenvalue weighted by atomic mass is 9.85. The van der Waals surface area contributed by atoms with Gasteiger partial charge in [-0.25, -0.2) is 9.38 Å². The first-order valence-corrected chi connectivity index (χ1v) is 11.0. The second-order valence-electron chi connectivity index (χ2n) is 8.36. The molecular weight excluding hydrogens is 526 g/mol. The molecule has 1 saturated carbocycles. The lowest BCUT2D eigenvalue weighted by Crippen LogP contribution is -2.44. The standard InChI is InChI=1S/C23H29FN4O3.HI/c1-3-25-23(27-13-14(2)31-18-6-4-5-17(24)12-18)26-9-10-28-21(29)19-15-7-8-16(11-15)20(19)22(28)30;/h4-8,12,14-16,19-20H,3,9-11,13H2,1-2H3,(H2,25,26,27);1H. The molecule has 2 bridgehead atoms. The van der Waals surface area contributed by atoms with E-state index in [0.29, 0.717) is 37.9 Å². The molecule has 1 aliphatic heterocycles. The number of amides is 2. The molecule has 32 heavy (non-hydrogen) atoms. The van der Waals surface area contributed by atoms with E-state index >= 15 is 0 Å². The molecule has 1 saturated heterocycles. The summed E-state index contributed by atoms with van der Waals surface area (Å²) in [6, 6.07) is 6.01. The Labute approximate surface area is 204 Å². The van der Waals surface area contributed by atoms with E-state index in [2.05, 4.69) is 27.8 Å². The van der Waals surface area contributed by atoms with Crippen LogP contribution in [0.4, 0.5) is 4.39 Å². The number of likely N-dealkylation sites (tertiary alicyclic amines) is 1. The molecule has 2 N–H and O–H groups in total. The van der Waals surface area contributed by atoms with Gasteiger partial charge in [-0.05, 0) is 44.2 Å². The third-order valence-corrected chi connectivity index (χ3v) is 6.17. The molecule has 174 valence electrons.